The van der Waals surface area contributed by atoms with Crippen molar-refractivity contribution >= 4 is 24.0 Å². The van der Waals surface area contributed by atoms with E-state index in [2.05, 4.69) is 33.0 Å². The number of aryl methyl sites for hydroxylation is 2. The molecule has 22 heavy (non-hydrogen) atoms. The number of nitrogens with zero attached hydrogens (tertiary/aromatic N) is 1. The fourth-order valence-corrected chi connectivity index (χ4v) is 3.25. The molecule has 0 unspecified atom stereocenters. The minimum atomic E-state index is -0.130. The maximum absolute atomic E-state index is 12.4. The Balaban J connectivity index is 0.00000144. The number of amides is 1. The Kier molecular flexibility index (Phi) is 4.18. The SMILES string of the molecule is Cl.O=C(Nc1ccc2c(c1)CCC2)c1n[nH]c2c1CNCC2. The molecule has 0 bridgehead atoms. The molecule has 5 nitrogen and oxygen atoms in total. The van der Waals surface area contributed by atoms with E-state index in [-0.39, 0.29) is 18.3 Å². The Labute approximate surface area is 135 Å². The van der Waals surface area contributed by atoms with Crippen LogP contribution < -0.4 is 10.6 Å². The Morgan fingerprint density at radius 3 is 2.95 bits per heavy atom. The van der Waals surface area contributed by atoms with Gasteiger partial charge in [0.1, 0.15) is 0 Å². The van der Waals surface area contributed by atoms with E-state index in [0.29, 0.717) is 12.2 Å². The van der Waals surface area contributed by atoms with Crippen LogP contribution in [0.3, 0.4) is 0 Å². The van der Waals surface area contributed by atoms with Gasteiger partial charge in [0, 0.05) is 36.5 Å². The van der Waals surface area contributed by atoms with E-state index in [1.807, 2.05) is 6.07 Å². The average Bonchev–Trinajstić information content (AvgIpc) is 3.13. The van der Waals surface area contributed by atoms with E-state index in [1.54, 1.807) is 0 Å². The number of hydrogen-bond donors (Lipinski definition) is 3. The van der Waals surface area contributed by atoms with E-state index >= 15 is 0 Å². The van der Waals surface area contributed by atoms with Crippen molar-refractivity contribution in [1.29, 1.82) is 0 Å². The highest BCUT2D eigenvalue weighted by molar-refractivity contribution is 6.04. The highest BCUT2D eigenvalue weighted by Gasteiger charge is 2.22. The number of benzene rings is 1. The van der Waals surface area contributed by atoms with Gasteiger partial charge in [-0.1, -0.05) is 6.07 Å². The van der Waals surface area contributed by atoms with Gasteiger partial charge in [0.15, 0.2) is 5.69 Å². The van der Waals surface area contributed by atoms with E-state index in [0.717, 1.165) is 42.8 Å². The van der Waals surface area contributed by atoms with Gasteiger partial charge in [-0.05, 0) is 42.5 Å². The number of carbonyl (C=O) groups excluding carboxylic acids is 1. The second-order valence-corrected chi connectivity index (χ2v) is 5.75. The van der Waals surface area contributed by atoms with Crippen molar-refractivity contribution in [3.8, 4) is 0 Å². The van der Waals surface area contributed by atoms with Crippen molar-refractivity contribution in [2.75, 3.05) is 11.9 Å². The summed E-state index contributed by atoms with van der Waals surface area (Å²) >= 11 is 0. The summed E-state index contributed by atoms with van der Waals surface area (Å²) in [5.41, 5.74) is 6.22. The van der Waals surface area contributed by atoms with Crippen molar-refractivity contribution in [3.05, 3.63) is 46.3 Å². The first kappa shape index (κ1) is 15.1. The summed E-state index contributed by atoms with van der Waals surface area (Å²) in [4.78, 5) is 12.4. The van der Waals surface area contributed by atoms with Gasteiger partial charge in [0.2, 0.25) is 0 Å². The number of carbonyl (C=O) groups is 1. The first-order chi connectivity index (χ1) is 10.3. The quantitative estimate of drug-likeness (QED) is 0.795. The molecular formula is C16H19ClN4O. The number of rotatable bonds is 2. The predicted molar refractivity (Wildman–Crippen MR) is 87.7 cm³/mol. The number of hydrogen-bond acceptors (Lipinski definition) is 3. The Hall–Kier alpha value is -1.85. The van der Waals surface area contributed by atoms with E-state index in [4.69, 9.17) is 0 Å². The lowest BCUT2D eigenvalue weighted by atomic mass is 10.1. The maximum atomic E-state index is 12.4. The molecule has 1 aliphatic carbocycles. The maximum Gasteiger partial charge on any atom is 0.276 e. The summed E-state index contributed by atoms with van der Waals surface area (Å²) in [7, 11) is 0. The molecule has 6 heteroatoms. The fourth-order valence-electron chi connectivity index (χ4n) is 3.25. The number of nitrogens with one attached hydrogen (secondary N) is 3. The highest BCUT2D eigenvalue weighted by atomic mass is 35.5. The average molecular weight is 319 g/mol. The Bertz CT molecular complexity index is 710. The predicted octanol–water partition coefficient (Wildman–Crippen LogP) is 2.22. The van der Waals surface area contributed by atoms with Crippen molar-refractivity contribution < 1.29 is 4.79 Å². The van der Waals surface area contributed by atoms with E-state index < -0.39 is 0 Å². The van der Waals surface area contributed by atoms with Crippen molar-refractivity contribution in [2.24, 2.45) is 0 Å². The summed E-state index contributed by atoms with van der Waals surface area (Å²) in [6, 6.07) is 6.20. The first-order valence-electron chi connectivity index (χ1n) is 7.51. The smallest absolute Gasteiger partial charge is 0.276 e. The molecule has 0 atom stereocenters. The number of aromatic amines is 1. The third-order valence-corrected chi connectivity index (χ3v) is 4.38. The van der Waals surface area contributed by atoms with Gasteiger partial charge in [-0.25, -0.2) is 0 Å². The van der Waals surface area contributed by atoms with Crippen LogP contribution in [0.15, 0.2) is 18.2 Å². The van der Waals surface area contributed by atoms with Gasteiger partial charge in [0.25, 0.3) is 5.91 Å². The second kappa shape index (κ2) is 6.10. The number of fused-ring (bicyclic) bond motifs is 2. The molecule has 2 aromatic rings. The Morgan fingerprint density at radius 2 is 2.05 bits per heavy atom. The number of H-pyrrole nitrogens is 1. The summed E-state index contributed by atoms with van der Waals surface area (Å²) in [6.07, 6.45) is 4.38. The molecular weight excluding hydrogens is 300 g/mol. The minimum absolute atomic E-state index is 0. The van der Waals surface area contributed by atoms with Crippen LogP contribution in [0.25, 0.3) is 0 Å². The molecule has 4 rings (SSSR count). The van der Waals surface area contributed by atoms with Gasteiger partial charge in [-0.3, -0.25) is 9.89 Å². The van der Waals surface area contributed by atoms with Crippen molar-refractivity contribution in [3.63, 3.8) is 0 Å². The summed E-state index contributed by atoms with van der Waals surface area (Å²) in [6.45, 7) is 1.64. The van der Waals surface area contributed by atoms with Crippen LogP contribution >= 0.6 is 12.4 Å². The van der Waals surface area contributed by atoms with Crippen LogP contribution in [0, 0.1) is 0 Å². The lowest BCUT2D eigenvalue weighted by Gasteiger charge is -2.13. The lowest BCUT2D eigenvalue weighted by molar-refractivity contribution is 0.102. The number of aromatic nitrogens is 2. The molecule has 0 radical (unpaired) electrons. The zero-order chi connectivity index (χ0) is 14.2. The van der Waals surface area contributed by atoms with Gasteiger partial charge < -0.3 is 10.6 Å². The summed E-state index contributed by atoms with van der Waals surface area (Å²) < 4.78 is 0. The van der Waals surface area contributed by atoms with Crippen LogP contribution in [0.2, 0.25) is 0 Å². The molecule has 1 aliphatic heterocycles. The lowest BCUT2D eigenvalue weighted by Crippen LogP contribution is -2.25. The third-order valence-electron chi connectivity index (χ3n) is 4.38. The standard InChI is InChI=1S/C16H18N4O.ClH/c21-16(15-13-9-17-7-6-14(13)19-20-15)18-12-5-4-10-2-1-3-11(10)8-12;/h4-5,8,17H,1-3,6-7,9H2,(H,18,21)(H,19,20);1H. The molecule has 0 saturated heterocycles. The third kappa shape index (κ3) is 2.62. The Morgan fingerprint density at radius 1 is 1.18 bits per heavy atom. The van der Waals surface area contributed by atoms with Crippen LogP contribution in [-0.4, -0.2) is 22.6 Å². The van der Waals surface area contributed by atoms with Crippen LogP contribution in [0.4, 0.5) is 5.69 Å². The fraction of sp³-hybridized carbons (Fsp3) is 0.375. The van der Waals surface area contributed by atoms with Crippen molar-refractivity contribution in [2.45, 2.75) is 32.2 Å². The molecule has 0 spiro atoms. The molecule has 116 valence electrons. The molecule has 1 aromatic carbocycles. The highest BCUT2D eigenvalue weighted by Crippen LogP contribution is 2.25. The van der Waals surface area contributed by atoms with Crippen LogP contribution in [-0.2, 0) is 25.8 Å². The number of halogens is 1. The summed E-state index contributed by atoms with van der Waals surface area (Å²) in [5.74, 6) is -0.130. The largest absolute Gasteiger partial charge is 0.321 e. The topological polar surface area (TPSA) is 69.8 Å². The molecule has 3 N–H and O–H groups in total. The molecule has 0 saturated carbocycles. The molecule has 2 heterocycles. The monoisotopic (exact) mass is 318 g/mol. The summed E-state index contributed by atoms with van der Waals surface area (Å²) in [5, 5.41) is 13.4. The zero-order valence-electron chi connectivity index (χ0n) is 12.2. The molecule has 0 fully saturated rings. The second-order valence-electron chi connectivity index (χ2n) is 5.75. The number of anilines is 1. The molecule has 1 amide bonds. The minimum Gasteiger partial charge on any atom is -0.321 e. The van der Waals surface area contributed by atoms with Gasteiger partial charge in [-0.2, -0.15) is 5.10 Å². The van der Waals surface area contributed by atoms with Crippen molar-refractivity contribution in [1.82, 2.24) is 15.5 Å². The van der Waals surface area contributed by atoms with Gasteiger partial charge >= 0.3 is 0 Å². The van der Waals surface area contributed by atoms with Crippen LogP contribution in [0.5, 0.6) is 0 Å². The molecule has 1 aromatic heterocycles. The van der Waals surface area contributed by atoms with Gasteiger partial charge in [0.05, 0.1) is 0 Å². The normalized spacial score (nSPS) is 15.6. The van der Waals surface area contributed by atoms with E-state index in [9.17, 15) is 4.79 Å². The molecule has 2 aliphatic rings. The first-order valence-corrected chi connectivity index (χ1v) is 7.51. The van der Waals surface area contributed by atoms with Crippen LogP contribution in [0.1, 0.15) is 39.3 Å². The zero-order valence-corrected chi connectivity index (χ0v) is 13.1. The van der Waals surface area contributed by atoms with E-state index in [1.165, 1.54) is 17.5 Å². The van der Waals surface area contributed by atoms with Gasteiger partial charge in [-0.15, -0.1) is 12.4 Å².